The number of anilines is 1. The molecule has 3 N–H and O–H groups in total. The molecular weight excluding hydrogens is 256 g/mol. The van der Waals surface area contributed by atoms with E-state index in [4.69, 9.17) is 15.2 Å². The molecule has 1 heterocycles. The van der Waals surface area contributed by atoms with Crippen molar-refractivity contribution in [2.45, 2.75) is 25.0 Å². The summed E-state index contributed by atoms with van der Waals surface area (Å²) in [5.74, 6) is 0.729. The van der Waals surface area contributed by atoms with Crippen molar-refractivity contribution in [3.05, 3.63) is 24.3 Å². The first-order valence-corrected chi connectivity index (χ1v) is 7.09. The van der Waals surface area contributed by atoms with Crippen molar-refractivity contribution in [3.8, 4) is 5.75 Å². The van der Waals surface area contributed by atoms with Crippen LogP contribution in [0.5, 0.6) is 5.75 Å². The number of likely N-dealkylation sites (N-methyl/N-ethyl adjacent to an activating group) is 1. The van der Waals surface area contributed by atoms with Crippen LogP contribution in [0.2, 0.25) is 0 Å². The van der Waals surface area contributed by atoms with E-state index in [0.717, 1.165) is 31.8 Å². The average molecular weight is 280 g/mol. The van der Waals surface area contributed by atoms with Gasteiger partial charge >= 0.3 is 0 Å². The molecule has 1 fully saturated rings. The van der Waals surface area contributed by atoms with Crippen LogP contribution >= 0.6 is 0 Å². The lowest BCUT2D eigenvalue weighted by atomic mass is 10.1. The molecule has 1 aromatic rings. The fourth-order valence-electron chi connectivity index (χ4n) is 2.42. The van der Waals surface area contributed by atoms with Crippen LogP contribution in [0, 0.1) is 0 Å². The largest absolute Gasteiger partial charge is 0.491 e. The summed E-state index contributed by atoms with van der Waals surface area (Å²) in [6.07, 6.45) is 1.56. The molecule has 5 nitrogen and oxygen atoms in total. The molecule has 1 aromatic carbocycles. The normalized spacial score (nSPS) is 18.1. The first-order valence-electron chi connectivity index (χ1n) is 7.09. The molecule has 1 saturated heterocycles. The van der Waals surface area contributed by atoms with Gasteiger partial charge in [-0.25, -0.2) is 0 Å². The molecule has 112 valence electrons. The van der Waals surface area contributed by atoms with E-state index in [-0.39, 0.29) is 6.61 Å². The Morgan fingerprint density at radius 2 is 2.00 bits per heavy atom. The van der Waals surface area contributed by atoms with Crippen molar-refractivity contribution in [3.63, 3.8) is 0 Å². The molecule has 0 bridgehead atoms. The molecule has 0 amide bonds. The van der Waals surface area contributed by atoms with Gasteiger partial charge in [0.1, 0.15) is 18.5 Å². The Kier molecular flexibility index (Phi) is 5.64. The molecule has 2 rings (SSSR count). The number of rotatable bonds is 6. The summed E-state index contributed by atoms with van der Waals surface area (Å²) in [5.41, 5.74) is 6.31. The van der Waals surface area contributed by atoms with Crippen LogP contribution in [0.25, 0.3) is 0 Å². The number of benzene rings is 1. The molecule has 1 aliphatic heterocycles. The Balaban J connectivity index is 1.71. The number of aliphatic hydroxyl groups excluding tert-OH is 1. The van der Waals surface area contributed by atoms with Crippen LogP contribution in [-0.2, 0) is 4.74 Å². The monoisotopic (exact) mass is 280 g/mol. The number of ether oxygens (including phenoxy) is 2. The highest BCUT2D eigenvalue weighted by atomic mass is 16.5. The molecule has 0 saturated carbocycles. The van der Waals surface area contributed by atoms with Crippen LogP contribution in [0.3, 0.4) is 0 Å². The number of nitrogen functional groups attached to an aromatic ring is 1. The minimum Gasteiger partial charge on any atom is -0.491 e. The summed E-state index contributed by atoms with van der Waals surface area (Å²) in [5, 5.41) is 10.0. The zero-order chi connectivity index (χ0) is 14.4. The van der Waals surface area contributed by atoms with Gasteiger partial charge in [-0.3, -0.25) is 0 Å². The van der Waals surface area contributed by atoms with Gasteiger partial charge in [-0.2, -0.15) is 0 Å². The molecule has 0 aromatic heterocycles. The first kappa shape index (κ1) is 15.1. The van der Waals surface area contributed by atoms with Crippen LogP contribution in [0.1, 0.15) is 12.8 Å². The van der Waals surface area contributed by atoms with Gasteiger partial charge in [-0.05, 0) is 44.2 Å². The quantitative estimate of drug-likeness (QED) is 0.764. The number of nitrogens with zero attached hydrogens (tertiary/aromatic N) is 1. The topological polar surface area (TPSA) is 68.0 Å². The summed E-state index contributed by atoms with van der Waals surface area (Å²) in [7, 11) is 2.04. The molecule has 1 unspecified atom stereocenters. The van der Waals surface area contributed by atoms with Crippen molar-refractivity contribution < 1.29 is 14.6 Å². The Morgan fingerprint density at radius 1 is 1.35 bits per heavy atom. The fraction of sp³-hybridized carbons (Fsp3) is 0.600. The van der Waals surface area contributed by atoms with Gasteiger partial charge in [0.2, 0.25) is 0 Å². The van der Waals surface area contributed by atoms with E-state index in [9.17, 15) is 5.11 Å². The zero-order valence-electron chi connectivity index (χ0n) is 12.0. The smallest absolute Gasteiger partial charge is 0.119 e. The fourth-order valence-corrected chi connectivity index (χ4v) is 2.42. The third-order valence-corrected chi connectivity index (χ3v) is 3.64. The third kappa shape index (κ3) is 4.67. The lowest BCUT2D eigenvalue weighted by Crippen LogP contribution is -2.42. The second-order valence-electron chi connectivity index (χ2n) is 5.32. The minimum atomic E-state index is -0.500. The Bertz CT molecular complexity index is 391. The zero-order valence-corrected chi connectivity index (χ0v) is 12.0. The maximum Gasteiger partial charge on any atom is 0.119 e. The Hall–Kier alpha value is -1.30. The van der Waals surface area contributed by atoms with E-state index in [1.165, 1.54) is 0 Å². The number of aliphatic hydroxyl groups is 1. The second kappa shape index (κ2) is 7.47. The SMILES string of the molecule is CN(CC(O)COc1ccc(N)cc1)C1CCOCC1. The van der Waals surface area contributed by atoms with Crippen LogP contribution in [0.15, 0.2) is 24.3 Å². The van der Waals surface area contributed by atoms with Crippen molar-refractivity contribution >= 4 is 5.69 Å². The maximum atomic E-state index is 10.0. The van der Waals surface area contributed by atoms with E-state index in [1.54, 1.807) is 12.1 Å². The van der Waals surface area contributed by atoms with Crippen LogP contribution in [-0.4, -0.2) is 55.6 Å². The summed E-state index contributed by atoms with van der Waals surface area (Å²) >= 11 is 0. The summed E-state index contributed by atoms with van der Waals surface area (Å²) in [4.78, 5) is 2.19. The van der Waals surface area contributed by atoms with Gasteiger partial charge in [0.25, 0.3) is 0 Å². The lowest BCUT2D eigenvalue weighted by molar-refractivity contribution is 0.0159. The predicted octanol–water partition coefficient (Wildman–Crippen LogP) is 1.12. The van der Waals surface area contributed by atoms with E-state index in [0.29, 0.717) is 18.3 Å². The predicted molar refractivity (Wildman–Crippen MR) is 78.8 cm³/mol. The van der Waals surface area contributed by atoms with E-state index < -0.39 is 6.10 Å². The molecule has 1 aliphatic rings. The molecule has 0 aliphatic carbocycles. The first-order chi connectivity index (χ1) is 9.65. The maximum absolute atomic E-state index is 10.0. The Labute approximate surface area is 120 Å². The minimum absolute atomic E-state index is 0.289. The van der Waals surface area contributed by atoms with Crippen LogP contribution in [0.4, 0.5) is 5.69 Å². The number of nitrogens with two attached hydrogens (primary N) is 1. The van der Waals surface area contributed by atoms with Gasteiger partial charge in [0, 0.05) is 31.5 Å². The second-order valence-corrected chi connectivity index (χ2v) is 5.32. The van der Waals surface area contributed by atoms with Gasteiger partial charge in [0.15, 0.2) is 0 Å². The van der Waals surface area contributed by atoms with Gasteiger partial charge in [-0.1, -0.05) is 0 Å². The highest BCUT2D eigenvalue weighted by molar-refractivity contribution is 5.41. The molecule has 20 heavy (non-hydrogen) atoms. The van der Waals surface area contributed by atoms with Crippen LogP contribution < -0.4 is 10.5 Å². The molecule has 0 spiro atoms. The highest BCUT2D eigenvalue weighted by Crippen LogP contribution is 2.15. The van der Waals surface area contributed by atoms with Gasteiger partial charge < -0.3 is 25.2 Å². The van der Waals surface area contributed by atoms with E-state index in [2.05, 4.69) is 4.90 Å². The van der Waals surface area contributed by atoms with Crippen molar-refractivity contribution in [2.75, 3.05) is 39.1 Å². The number of hydrogen-bond acceptors (Lipinski definition) is 5. The highest BCUT2D eigenvalue weighted by Gasteiger charge is 2.20. The number of hydrogen-bond donors (Lipinski definition) is 2. The molecule has 0 radical (unpaired) electrons. The van der Waals surface area contributed by atoms with Crippen molar-refractivity contribution in [2.24, 2.45) is 0 Å². The molecule has 5 heteroatoms. The molecule has 1 atom stereocenters. The van der Waals surface area contributed by atoms with E-state index in [1.807, 2.05) is 19.2 Å². The summed E-state index contributed by atoms with van der Waals surface area (Å²) in [6, 6.07) is 7.69. The summed E-state index contributed by atoms with van der Waals surface area (Å²) < 4.78 is 10.9. The molecular formula is C15H24N2O3. The van der Waals surface area contributed by atoms with Crippen molar-refractivity contribution in [1.82, 2.24) is 4.90 Å². The standard InChI is InChI=1S/C15H24N2O3/c1-17(13-6-8-19-9-7-13)10-14(18)11-20-15-4-2-12(16)3-5-15/h2-5,13-14,18H,6-11,16H2,1H3. The van der Waals surface area contributed by atoms with Gasteiger partial charge in [0.05, 0.1) is 0 Å². The van der Waals surface area contributed by atoms with Crippen molar-refractivity contribution in [1.29, 1.82) is 0 Å². The lowest BCUT2D eigenvalue weighted by Gasteiger charge is -2.32. The average Bonchev–Trinajstić information content (AvgIpc) is 2.47. The Morgan fingerprint density at radius 3 is 2.65 bits per heavy atom. The third-order valence-electron chi connectivity index (χ3n) is 3.64. The van der Waals surface area contributed by atoms with E-state index >= 15 is 0 Å². The summed E-state index contributed by atoms with van der Waals surface area (Å²) in [6.45, 7) is 2.52. The van der Waals surface area contributed by atoms with Gasteiger partial charge in [-0.15, -0.1) is 0 Å².